The summed E-state index contributed by atoms with van der Waals surface area (Å²) in [4.78, 5) is 4.72. The average molecular weight is 438 g/mol. The number of aromatic amines is 1. The first kappa shape index (κ1) is 20.6. The number of aryl methyl sites for hydroxylation is 1. The van der Waals surface area contributed by atoms with Crippen molar-refractivity contribution in [1.29, 1.82) is 0 Å². The van der Waals surface area contributed by atoms with Gasteiger partial charge in [0.05, 0.1) is 12.6 Å². The van der Waals surface area contributed by atoms with Crippen LogP contribution < -0.4 is 9.47 Å². The highest BCUT2D eigenvalue weighted by molar-refractivity contribution is 5.86. The molecule has 0 saturated carbocycles. The van der Waals surface area contributed by atoms with E-state index in [1.807, 2.05) is 42.5 Å². The maximum absolute atomic E-state index is 6.31. The topological polar surface area (TPSA) is 85.8 Å². The van der Waals surface area contributed by atoms with E-state index in [1.165, 1.54) is 0 Å². The number of hydrogen-bond donors (Lipinski definition) is 1. The van der Waals surface area contributed by atoms with Crippen LogP contribution in [0.5, 0.6) is 11.5 Å². The van der Waals surface area contributed by atoms with E-state index in [0.29, 0.717) is 12.4 Å². The number of aromatic nitrogens is 5. The smallest absolute Gasteiger partial charge is 0.205 e. The lowest BCUT2D eigenvalue weighted by atomic mass is 9.97. The van der Waals surface area contributed by atoms with Gasteiger partial charge in [0.2, 0.25) is 5.82 Å². The van der Waals surface area contributed by atoms with Crippen molar-refractivity contribution in [3.05, 3.63) is 84.1 Å². The molecule has 2 heterocycles. The Morgan fingerprint density at radius 3 is 2.55 bits per heavy atom. The Bertz CT molecular complexity index is 1390. The molecular formula is C26H23N5O2. The van der Waals surface area contributed by atoms with Crippen LogP contribution in [0.2, 0.25) is 0 Å². The highest BCUT2D eigenvalue weighted by Gasteiger charge is 2.14. The fourth-order valence-electron chi connectivity index (χ4n) is 3.83. The van der Waals surface area contributed by atoms with Crippen molar-refractivity contribution in [1.82, 2.24) is 25.6 Å². The fourth-order valence-corrected chi connectivity index (χ4v) is 3.83. The molecule has 0 aliphatic rings. The Labute approximate surface area is 191 Å². The summed E-state index contributed by atoms with van der Waals surface area (Å²) in [5.41, 5.74) is 5.89. The van der Waals surface area contributed by atoms with E-state index in [0.717, 1.165) is 56.8 Å². The van der Waals surface area contributed by atoms with Crippen LogP contribution >= 0.6 is 0 Å². The summed E-state index contributed by atoms with van der Waals surface area (Å²) in [7, 11) is 1.66. The molecule has 0 aliphatic carbocycles. The number of methoxy groups -OCH3 is 1. The van der Waals surface area contributed by atoms with E-state index in [2.05, 4.69) is 57.9 Å². The Balaban J connectivity index is 1.50. The normalized spacial score (nSPS) is 11.0. The molecule has 0 spiro atoms. The number of ether oxygens (including phenoxy) is 2. The van der Waals surface area contributed by atoms with Crippen molar-refractivity contribution < 1.29 is 9.47 Å². The predicted octanol–water partition coefficient (Wildman–Crippen LogP) is 5.23. The summed E-state index contributed by atoms with van der Waals surface area (Å²) < 4.78 is 11.7. The summed E-state index contributed by atoms with van der Waals surface area (Å²) in [6.07, 6.45) is 0.825. The molecule has 5 rings (SSSR count). The van der Waals surface area contributed by atoms with Crippen LogP contribution in [0.3, 0.4) is 0 Å². The largest absolute Gasteiger partial charge is 0.497 e. The van der Waals surface area contributed by atoms with Crippen LogP contribution in [0.4, 0.5) is 0 Å². The van der Waals surface area contributed by atoms with Gasteiger partial charge in [0.25, 0.3) is 0 Å². The molecule has 0 atom stereocenters. The van der Waals surface area contributed by atoms with Gasteiger partial charge in [-0.15, -0.1) is 10.2 Å². The molecule has 0 fully saturated rings. The van der Waals surface area contributed by atoms with Crippen LogP contribution in [-0.4, -0.2) is 32.7 Å². The second-order valence-electron chi connectivity index (χ2n) is 7.62. The maximum atomic E-state index is 6.31. The highest BCUT2D eigenvalue weighted by Crippen LogP contribution is 2.33. The molecule has 5 aromatic rings. The molecule has 164 valence electrons. The molecule has 1 N–H and O–H groups in total. The van der Waals surface area contributed by atoms with E-state index in [-0.39, 0.29) is 0 Å². The number of tetrazole rings is 1. The van der Waals surface area contributed by atoms with E-state index in [4.69, 9.17) is 14.5 Å². The van der Waals surface area contributed by atoms with Crippen LogP contribution in [0, 0.1) is 0 Å². The number of hydrogen-bond acceptors (Lipinski definition) is 6. The minimum atomic E-state index is 0.388. The Kier molecular flexibility index (Phi) is 5.68. The van der Waals surface area contributed by atoms with Crippen molar-refractivity contribution >= 4 is 10.9 Å². The molecule has 7 heteroatoms. The van der Waals surface area contributed by atoms with Crippen LogP contribution in [0.15, 0.2) is 72.8 Å². The molecule has 0 unspecified atom stereocenters. The highest BCUT2D eigenvalue weighted by atomic mass is 16.5. The van der Waals surface area contributed by atoms with Gasteiger partial charge in [0.1, 0.15) is 18.1 Å². The summed E-state index contributed by atoms with van der Waals surface area (Å²) in [6, 6.07) is 24.2. The minimum Gasteiger partial charge on any atom is -0.497 e. The maximum Gasteiger partial charge on any atom is 0.205 e. The second kappa shape index (κ2) is 9.08. The molecule has 0 radical (unpaired) electrons. The Morgan fingerprint density at radius 2 is 1.79 bits per heavy atom. The van der Waals surface area contributed by atoms with E-state index in [1.54, 1.807) is 7.11 Å². The quantitative estimate of drug-likeness (QED) is 0.375. The number of nitrogens with zero attached hydrogens (tertiary/aromatic N) is 4. The summed E-state index contributed by atoms with van der Waals surface area (Å²) in [6.45, 7) is 2.47. The monoisotopic (exact) mass is 437 g/mol. The van der Waals surface area contributed by atoms with Gasteiger partial charge < -0.3 is 9.47 Å². The van der Waals surface area contributed by atoms with Crippen LogP contribution in [0.1, 0.15) is 18.2 Å². The second-order valence-corrected chi connectivity index (χ2v) is 7.62. The SMILES string of the molecule is CCc1cc(OCc2ccc(-c3ccccc3)c(-c3nn[nH]n3)c2)c2cc(OC)ccc2n1. The zero-order valence-corrected chi connectivity index (χ0v) is 18.4. The van der Waals surface area contributed by atoms with Gasteiger partial charge in [0, 0.05) is 22.7 Å². The summed E-state index contributed by atoms with van der Waals surface area (Å²) in [5.74, 6) is 2.09. The van der Waals surface area contributed by atoms with Crippen LogP contribution in [-0.2, 0) is 13.0 Å². The van der Waals surface area contributed by atoms with Gasteiger partial charge in [-0.2, -0.15) is 5.21 Å². The molecule has 7 nitrogen and oxygen atoms in total. The van der Waals surface area contributed by atoms with Crippen molar-refractivity contribution in [3.63, 3.8) is 0 Å². The van der Waals surface area contributed by atoms with Crippen molar-refractivity contribution in [2.45, 2.75) is 20.0 Å². The minimum absolute atomic E-state index is 0.388. The van der Waals surface area contributed by atoms with Gasteiger partial charge in [-0.05, 0) is 52.6 Å². The summed E-state index contributed by atoms with van der Waals surface area (Å²) in [5, 5.41) is 15.6. The van der Waals surface area contributed by atoms with Crippen molar-refractivity contribution in [3.8, 4) is 34.0 Å². The molecule has 2 aromatic heterocycles. The van der Waals surface area contributed by atoms with E-state index >= 15 is 0 Å². The van der Waals surface area contributed by atoms with Gasteiger partial charge in [-0.1, -0.05) is 49.4 Å². The lowest BCUT2D eigenvalue weighted by Crippen LogP contribution is -2.00. The number of fused-ring (bicyclic) bond motifs is 1. The Morgan fingerprint density at radius 1 is 0.909 bits per heavy atom. The first-order chi connectivity index (χ1) is 16.2. The number of pyridine rings is 1. The molecular weight excluding hydrogens is 414 g/mol. The van der Waals surface area contributed by atoms with Gasteiger partial charge in [0.15, 0.2) is 0 Å². The summed E-state index contributed by atoms with van der Waals surface area (Å²) >= 11 is 0. The molecule has 0 amide bonds. The fraction of sp³-hybridized carbons (Fsp3) is 0.154. The lowest BCUT2D eigenvalue weighted by molar-refractivity contribution is 0.309. The third-order valence-electron chi connectivity index (χ3n) is 5.54. The standard InChI is InChI=1S/C26H23N5O2/c1-3-19-14-25(23-15-20(32-2)10-12-24(23)27-19)33-16-17-9-11-21(18-7-5-4-6-8-18)22(13-17)26-28-30-31-29-26/h4-15H,3,16H2,1-2H3,(H,28,29,30,31). The van der Waals surface area contributed by atoms with Gasteiger partial charge in [-0.3, -0.25) is 4.98 Å². The van der Waals surface area contributed by atoms with Gasteiger partial charge in [-0.25, -0.2) is 0 Å². The van der Waals surface area contributed by atoms with Gasteiger partial charge >= 0.3 is 0 Å². The molecule has 0 aliphatic heterocycles. The third-order valence-corrected chi connectivity index (χ3v) is 5.54. The number of nitrogens with one attached hydrogen (secondary N) is 1. The molecule has 33 heavy (non-hydrogen) atoms. The molecule has 3 aromatic carbocycles. The van der Waals surface area contributed by atoms with Crippen molar-refractivity contribution in [2.75, 3.05) is 7.11 Å². The zero-order chi connectivity index (χ0) is 22.6. The number of rotatable bonds is 7. The molecule has 0 saturated heterocycles. The predicted molar refractivity (Wildman–Crippen MR) is 127 cm³/mol. The zero-order valence-electron chi connectivity index (χ0n) is 18.4. The van der Waals surface area contributed by atoms with Crippen molar-refractivity contribution in [2.24, 2.45) is 0 Å². The van der Waals surface area contributed by atoms with Crippen LogP contribution in [0.25, 0.3) is 33.4 Å². The van der Waals surface area contributed by atoms with E-state index in [9.17, 15) is 0 Å². The number of H-pyrrole nitrogens is 1. The lowest BCUT2D eigenvalue weighted by Gasteiger charge is -2.14. The molecule has 0 bridgehead atoms. The Hall–Kier alpha value is -4.26. The van der Waals surface area contributed by atoms with E-state index < -0.39 is 0 Å². The third kappa shape index (κ3) is 4.25. The first-order valence-electron chi connectivity index (χ1n) is 10.8. The first-order valence-corrected chi connectivity index (χ1v) is 10.8. The average Bonchev–Trinajstić information content (AvgIpc) is 3.42. The number of benzene rings is 3.